The van der Waals surface area contributed by atoms with E-state index in [1.54, 1.807) is 24.3 Å². The van der Waals surface area contributed by atoms with Crippen LogP contribution in [0.4, 0.5) is 0 Å². The van der Waals surface area contributed by atoms with Crippen molar-refractivity contribution < 1.29 is 18.6 Å². The molecule has 1 aromatic rings. The van der Waals surface area contributed by atoms with Crippen LogP contribution in [-0.4, -0.2) is 19.2 Å². The van der Waals surface area contributed by atoms with Crippen LogP contribution in [0.2, 0.25) is 0 Å². The number of benzene rings is 1. The molecule has 0 amide bonds. The molecule has 0 N–H and O–H groups in total. The molecular weight excluding hydrogens is 215 g/mol. The summed E-state index contributed by atoms with van der Waals surface area (Å²) in [6.45, 7) is 1.50. The van der Waals surface area contributed by atoms with Gasteiger partial charge in [-0.2, -0.15) is 0 Å². The van der Waals surface area contributed by atoms with Crippen molar-refractivity contribution in [3.05, 3.63) is 30.3 Å². The van der Waals surface area contributed by atoms with Crippen molar-refractivity contribution in [2.45, 2.75) is 13.0 Å². The number of esters is 1. The van der Waals surface area contributed by atoms with Crippen molar-refractivity contribution in [2.24, 2.45) is 0 Å². The highest BCUT2D eigenvalue weighted by Gasteiger charge is 2.29. The predicted molar refractivity (Wildman–Crippen MR) is 56.2 cm³/mol. The fourth-order valence-electron chi connectivity index (χ4n) is 0.963. The van der Waals surface area contributed by atoms with E-state index < -0.39 is 20.1 Å². The van der Waals surface area contributed by atoms with Gasteiger partial charge in [-0.1, -0.05) is 18.2 Å². The van der Waals surface area contributed by atoms with Crippen molar-refractivity contribution in [3.63, 3.8) is 0 Å². The summed E-state index contributed by atoms with van der Waals surface area (Å²) in [6.07, 6.45) is -0.821. The van der Waals surface area contributed by atoms with Gasteiger partial charge in [0.25, 0.3) is 0 Å². The van der Waals surface area contributed by atoms with Crippen molar-refractivity contribution in [2.75, 3.05) is 7.11 Å². The SMILES string of the molecule is COC(=O)[C@H](C)O[P+](=O)c1ccccc1. The van der Waals surface area contributed by atoms with E-state index in [0.717, 1.165) is 0 Å². The minimum atomic E-state index is -2.00. The van der Waals surface area contributed by atoms with Crippen molar-refractivity contribution >= 4 is 19.3 Å². The van der Waals surface area contributed by atoms with E-state index in [0.29, 0.717) is 5.30 Å². The van der Waals surface area contributed by atoms with Crippen molar-refractivity contribution in [1.82, 2.24) is 0 Å². The fourth-order valence-corrected chi connectivity index (χ4v) is 1.87. The summed E-state index contributed by atoms with van der Waals surface area (Å²) in [5.41, 5.74) is 0. The Hall–Kier alpha value is -1.25. The number of methoxy groups -OCH3 is 1. The lowest BCUT2D eigenvalue weighted by Gasteiger charge is -2.00. The van der Waals surface area contributed by atoms with Gasteiger partial charge >= 0.3 is 14.0 Å². The molecule has 0 fully saturated rings. The van der Waals surface area contributed by atoms with Crippen LogP contribution in [-0.2, 0) is 18.6 Å². The van der Waals surface area contributed by atoms with Crippen LogP contribution in [0.1, 0.15) is 6.92 Å². The fraction of sp³-hybridized carbons (Fsp3) is 0.300. The number of ether oxygens (including phenoxy) is 1. The molecule has 1 unspecified atom stereocenters. The Labute approximate surface area is 89.1 Å². The van der Waals surface area contributed by atoms with E-state index in [1.807, 2.05) is 6.07 Å². The lowest BCUT2D eigenvalue weighted by Crippen LogP contribution is -2.20. The van der Waals surface area contributed by atoms with Gasteiger partial charge in [0.2, 0.25) is 11.4 Å². The maximum Gasteiger partial charge on any atom is 0.549 e. The average Bonchev–Trinajstić information content (AvgIpc) is 2.29. The Kier molecular flexibility index (Phi) is 4.40. The molecule has 0 heterocycles. The molecular formula is C10H12O4P+. The Bertz CT molecular complexity index is 350. The first-order valence-electron chi connectivity index (χ1n) is 4.42. The number of rotatable bonds is 4. The molecule has 80 valence electrons. The Morgan fingerprint density at radius 1 is 1.33 bits per heavy atom. The highest BCUT2D eigenvalue weighted by atomic mass is 31.1. The zero-order valence-corrected chi connectivity index (χ0v) is 9.44. The van der Waals surface area contributed by atoms with E-state index in [2.05, 4.69) is 4.74 Å². The van der Waals surface area contributed by atoms with Gasteiger partial charge in [0, 0.05) is 0 Å². The first kappa shape index (κ1) is 11.8. The summed E-state index contributed by atoms with van der Waals surface area (Å²) < 4.78 is 21.1. The second kappa shape index (κ2) is 5.59. The van der Waals surface area contributed by atoms with Crippen molar-refractivity contribution in [3.8, 4) is 0 Å². The first-order valence-corrected chi connectivity index (χ1v) is 5.60. The van der Waals surface area contributed by atoms with Crippen LogP contribution in [0.3, 0.4) is 0 Å². The second-order valence-electron chi connectivity index (χ2n) is 2.86. The summed E-state index contributed by atoms with van der Waals surface area (Å²) in [6, 6.07) is 8.70. The molecule has 0 saturated heterocycles. The Morgan fingerprint density at radius 2 is 1.93 bits per heavy atom. The Balaban J connectivity index is 2.61. The average molecular weight is 227 g/mol. The zero-order chi connectivity index (χ0) is 11.3. The van der Waals surface area contributed by atoms with Crippen LogP contribution < -0.4 is 5.30 Å². The molecule has 0 spiro atoms. The molecule has 1 rings (SSSR count). The molecule has 1 aromatic carbocycles. The van der Waals surface area contributed by atoms with Crippen LogP contribution in [0.5, 0.6) is 0 Å². The maximum atomic E-state index is 11.6. The second-order valence-corrected chi connectivity index (χ2v) is 4.10. The van der Waals surface area contributed by atoms with Gasteiger partial charge in [0.1, 0.15) is 0 Å². The van der Waals surface area contributed by atoms with Crippen LogP contribution >= 0.6 is 8.03 Å². The normalized spacial score (nSPS) is 13.1. The molecule has 0 aliphatic carbocycles. The predicted octanol–water partition coefficient (Wildman–Crippen LogP) is 1.63. The third-order valence-electron chi connectivity index (χ3n) is 1.75. The zero-order valence-electron chi connectivity index (χ0n) is 8.54. The van der Waals surface area contributed by atoms with Crippen LogP contribution in [0.15, 0.2) is 30.3 Å². The topological polar surface area (TPSA) is 52.6 Å². The number of hydrogen-bond acceptors (Lipinski definition) is 4. The van der Waals surface area contributed by atoms with Gasteiger partial charge in [0.05, 0.1) is 7.11 Å². The molecule has 4 nitrogen and oxygen atoms in total. The minimum Gasteiger partial charge on any atom is -0.467 e. The van der Waals surface area contributed by atoms with Crippen molar-refractivity contribution in [1.29, 1.82) is 0 Å². The van der Waals surface area contributed by atoms with E-state index in [9.17, 15) is 9.36 Å². The highest BCUT2D eigenvalue weighted by molar-refractivity contribution is 7.48. The minimum absolute atomic E-state index is 0.533. The highest BCUT2D eigenvalue weighted by Crippen LogP contribution is 2.23. The third kappa shape index (κ3) is 3.42. The first-order chi connectivity index (χ1) is 7.15. The van der Waals surface area contributed by atoms with Gasteiger partial charge < -0.3 is 4.74 Å². The smallest absolute Gasteiger partial charge is 0.467 e. The van der Waals surface area contributed by atoms with Gasteiger partial charge in [-0.15, -0.1) is 4.52 Å². The third-order valence-corrected chi connectivity index (χ3v) is 2.98. The van der Waals surface area contributed by atoms with E-state index in [4.69, 9.17) is 4.52 Å². The monoisotopic (exact) mass is 227 g/mol. The number of carbonyl (C=O) groups excluding carboxylic acids is 1. The van der Waals surface area contributed by atoms with E-state index >= 15 is 0 Å². The van der Waals surface area contributed by atoms with Gasteiger partial charge in [-0.25, -0.2) is 4.79 Å². The molecule has 5 heteroatoms. The summed E-state index contributed by atoms with van der Waals surface area (Å²) in [5.74, 6) is -0.533. The summed E-state index contributed by atoms with van der Waals surface area (Å²) in [5, 5.41) is 0.559. The lowest BCUT2D eigenvalue weighted by molar-refractivity contribution is -0.147. The van der Waals surface area contributed by atoms with Crippen LogP contribution in [0.25, 0.3) is 0 Å². The summed E-state index contributed by atoms with van der Waals surface area (Å²) in [4.78, 5) is 11.0. The van der Waals surface area contributed by atoms with E-state index in [1.165, 1.54) is 14.0 Å². The molecule has 0 radical (unpaired) electrons. The number of hydrogen-bond donors (Lipinski definition) is 0. The van der Waals surface area contributed by atoms with Crippen LogP contribution in [0, 0.1) is 0 Å². The largest absolute Gasteiger partial charge is 0.549 e. The van der Waals surface area contributed by atoms with E-state index in [-0.39, 0.29) is 0 Å². The lowest BCUT2D eigenvalue weighted by atomic mass is 10.4. The molecule has 15 heavy (non-hydrogen) atoms. The van der Waals surface area contributed by atoms with Gasteiger partial charge in [0.15, 0.2) is 0 Å². The maximum absolute atomic E-state index is 11.6. The number of carbonyl (C=O) groups is 1. The molecule has 0 aromatic heterocycles. The molecule has 0 aliphatic heterocycles. The standard InChI is InChI=1S/C10H12O4P/c1-8(10(11)13-2)14-15(12)9-6-4-3-5-7-9/h3-8H,1-2H3/q+1/t8-/m0/s1. The summed E-state index contributed by atoms with van der Waals surface area (Å²) >= 11 is 0. The molecule has 2 atom stereocenters. The Morgan fingerprint density at radius 3 is 2.47 bits per heavy atom. The molecule has 0 aliphatic rings. The quantitative estimate of drug-likeness (QED) is 0.579. The van der Waals surface area contributed by atoms with Gasteiger partial charge in [-0.05, 0) is 23.6 Å². The summed E-state index contributed by atoms with van der Waals surface area (Å²) in [7, 11) is -0.742. The van der Waals surface area contributed by atoms with Gasteiger partial charge in [-0.3, -0.25) is 0 Å². The molecule has 0 bridgehead atoms. The molecule has 0 saturated carbocycles.